The van der Waals surface area contributed by atoms with Gasteiger partial charge < -0.3 is 15.4 Å². The third-order valence-electron chi connectivity index (χ3n) is 6.75. The van der Waals surface area contributed by atoms with Crippen LogP contribution in [0.1, 0.15) is 56.0 Å². The Morgan fingerprint density at radius 1 is 1.05 bits per heavy atom. The summed E-state index contributed by atoms with van der Waals surface area (Å²) in [5.74, 6) is 0.840. The van der Waals surface area contributed by atoms with Crippen molar-refractivity contribution in [3.8, 4) is 5.75 Å². The smallest absolute Gasteiger partial charge is 0.255 e. The van der Waals surface area contributed by atoms with Crippen molar-refractivity contribution >= 4 is 33.5 Å². The van der Waals surface area contributed by atoms with Gasteiger partial charge in [0.25, 0.3) is 5.91 Å². The molecule has 0 saturated carbocycles. The monoisotopic (exact) mass is 586 g/mol. The van der Waals surface area contributed by atoms with E-state index in [1.54, 1.807) is 4.68 Å². The molecule has 0 fully saturated rings. The lowest BCUT2D eigenvalue weighted by molar-refractivity contribution is -0.113. The Balaban J connectivity index is 1.49. The maximum atomic E-state index is 13.7. The van der Waals surface area contributed by atoms with Crippen molar-refractivity contribution in [3.05, 3.63) is 105 Å². The molecule has 0 radical (unpaired) electrons. The molecular weight excluding hydrogens is 556 g/mol. The van der Waals surface area contributed by atoms with Gasteiger partial charge in [-0.25, -0.2) is 0 Å². The molecule has 5 rings (SSSR count). The molecule has 2 heterocycles. The Morgan fingerprint density at radius 2 is 1.77 bits per heavy atom. The summed E-state index contributed by atoms with van der Waals surface area (Å²) >= 11 is 3.60. The second-order valence-electron chi connectivity index (χ2n) is 10.8. The van der Waals surface area contributed by atoms with Crippen molar-refractivity contribution in [1.82, 2.24) is 20.2 Å². The van der Waals surface area contributed by atoms with E-state index < -0.39 is 6.04 Å². The molecule has 1 atom stereocenters. The van der Waals surface area contributed by atoms with Crippen molar-refractivity contribution < 1.29 is 9.53 Å². The van der Waals surface area contributed by atoms with Crippen molar-refractivity contribution in [3.63, 3.8) is 0 Å². The summed E-state index contributed by atoms with van der Waals surface area (Å²) in [6.45, 7) is 10.8. The van der Waals surface area contributed by atoms with Crippen molar-refractivity contribution in [2.45, 2.75) is 52.7 Å². The SMILES string of the molecule is CC1=C(C(=O)Nc2ccc(C)cc2)C(c2cc(Br)ccc2OCc2ccc(C(C)(C)C)cc2)n2nnnc2N1. The predicted molar refractivity (Wildman–Crippen MR) is 156 cm³/mol. The van der Waals surface area contributed by atoms with E-state index in [4.69, 9.17) is 4.74 Å². The normalized spacial score (nSPS) is 15.0. The maximum absolute atomic E-state index is 13.7. The predicted octanol–water partition coefficient (Wildman–Crippen LogP) is 6.55. The van der Waals surface area contributed by atoms with Gasteiger partial charge >= 0.3 is 0 Å². The molecular formula is C30H31BrN6O2. The summed E-state index contributed by atoms with van der Waals surface area (Å²) in [5.41, 5.74) is 6.13. The number of benzene rings is 3. The van der Waals surface area contributed by atoms with E-state index in [0.29, 0.717) is 35.3 Å². The number of rotatable bonds is 6. The van der Waals surface area contributed by atoms with E-state index in [1.807, 2.05) is 56.3 Å². The molecule has 4 aromatic rings. The highest BCUT2D eigenvalue weighted by Gasteiger charge is 2.36. The number of allylic oxidation sites excluding steroid dienone is 1. The lowest BCUT2D eigenvalue weighted by atomic mass is 9.87. The van der Waals surface area contributed by atoms with Gasteiger partial charge in [-0.15, -0.1) is 0 Å². The Morgan fingerprint density at radius 3 is 2.46 bits per heavy atom. The van der Waals surface area contributed by atoms with Gasteiger partial charge in [0.05, 0.1) is 5.57 Å². The van der Waals surface area contributed by atoms with E-state index in [9.17, 15) is 4.79 Å². The topological polar surface area (TPSA) is 94.0 Å². The molecule has 3 aromatic carbocycles. The second-order valence-corrected chi connectivity index (χ2v) is 11.7. The van der Waals surface area contributed by atoms with Crippen LogP contribution >= 0.6 is 15.9 Å². The number of ether oxygens (including phenoxy) is 1. The largest absolute Gasteiger partial charge is 0.489 e. The fourth-order valence-electron chi connectivity index (χ4n) is 4.56. The van der Waals surface area contributed by atoms with Gasteiger partial charge in [-0.1, -0.05) is 83.8 Å². The molecule has 39 heavy (non-hydrogen) atoms. The molecule has 1 unspecified atom stereocenters. The molecule has 8 nitrogen and oxygen atoms in total. The summed E-state index contributed by atoms with van der Waals surface area (Å²) in [6.07, 6.45) is 0. The van der Waals surface area contributed by atoms with E-state index in [0.717, 1.165) is 21.2 Å². The number of carbonyl (C=O) groups is 1. The number of tetrazole rings is 1. The second kappa shape index (κ2) is 10.6. The molecule has 0 aliphatic carbocycles. The minimum atomic E-state index is -0.613. The van der Waals surface area contributed by atoms with Crippen LogP contribution in [0, 0.1) is 6.92 Å². The number of aryl methyl sites for hydroxylation is 1. The molecule has 200 valence electrons. The van der Waals surface area contributed by atoms with Crippen molar-refractivity contribution in [1.29, 1.82) is 0 Å². The molecule has 9 heteroatoms. The average molecular weight is 588 g/mol. The van der Waals surface area contributed by atoms with E-state index >= 15 is 0 Å². The van der Waals surface area contributed by atoms with Crippen molar-refractivity contribution in [2.75, 3.05) is 10.6 Å². The Kier molecular flexibility index (Phi) is 7.27. The van der Waals surface area contributed by atoms with Crippen LogP contribution in [0.4, 0.5) is 11.6 Å². The van der Waals surface area contributed by atoms with Crippen molar-refractivity contribution in [2.24, 2.45) is 0 Å². The van der Waals surface area contributed by atoms with Gasteiger partial charge in [-0.2, -0.15) is 4.68 Å². The molecule has 2 N–H and O–H groups in total. The van der Waals surface area contributed by atoms with E-state index in [2.05, 4.69) is 87.1 Å². The number of aromatic nitrogens is 4. The van der Waals surface area contributed by atoms with Crippen LogP contribution in [0.2, 0.25) is 0 Å². The highest BCUT2D eigenvalue weighted by atomic mass is 79.9. The molecule has 1 aliphatic heterocycles. The summed E-state index contributed by atoms with van der Waals surface area (Å²) in [7, 11) is 0. The summed E-state index contributed by atoms with van der Waals surface area (Å²) in [6, 6.07) is 21.3. The van der Waals surface area contributed by atoms with Crippen LogP contribution in [-0.4, -0.2) is 26.1 Å². The highest BCUT2D eigenvalue weighted by Crippen LogP contribution is 2.40. The molecule has 0 spiro atoms. The average Bonchev–Trinajstić information content (AvgIpc) is 3.36. The standard InChI is InChI=1S/C30H31BrN6O2/c1-18-6-13-23(14-7-18)33-28(38)26-19(2)32-29-34-35-36-37(29)27(26)24-16-22(31)12-15-25(24)39-17-20-8-10-21(11-9-20)30(3,4)5/h6-16,27H,17H2,1-5H3,(H,33,38)(H,32,34,36). The van der Waals surface area contributed by atoms with Crippen LogP contribution in [0.3, 0.4) is 0 Å². The quantitative estimate of drug-likeness (QED) is 0.266. The van der Waals surface area contributed by atoms with Gasteiger partial charge in [0, 0.05) is 21.4 Å². The van der Waals surface area contributed by atoms with E-state index in [1.165, 1.54) is 5.56 Å². The summed E-state index contributed by atoms with van der Waals surface area (Å²) < 4.78 is 8.83. The fourth-order valence-corrected chi connectivity index (χ4v) is 4.93. The minimum absolute atomic E-state index is 0.0799. The van der Waals surface area contributed by atoms with Gasteiger partial charge in [-0.3, -0.25) is 4.79 Å². The third-order valence-corrected chi connectivity index (χ3v) is 7.24. The number of halogens is 1. The zero-order chi connectivity index (χ0) is 27.7. The molecule has 1 aromatic heterocycles. The molecule has 1 aliphatic rings. The first-order chi connectivity index (χ1) is 18.6. The van der Waals surface area contributed by atoms with Gasteiger partial charge in [0.2, 0.25) is 5.95 Å². The number of hydrogen-bond acceptors (Lipinski definition) is 6. The van der Waals surface area contributed by atoms with Crippen LogP contribution in [-0.2, 0) is 16.8 Å². The number of anilines is 2. The molecule has 1 amide bonds. The van der Waals surface area contributed by atoms with Crippen LogP contribution < -0.4 is 15.4 Å². The fraction of sp³-hybridized carbons (Fsp3) is 0.267. The Bertz CT molecular complexity index is 1540. The number of nitrogens with zero attached hydrogens (tertiary/aromatic N) is 4. The molecule has 0 bridgehead atoms. The first-order valence-corrected chi connectivity index (χ1v) is 13.5. The summed E-state index contributed by atoms with van der Waals surface area (Å²) in [5, 5.41) is 18.4. The lowest BCUT2D eigenvalue weighted by Gasteiger charge is -2.29. The van der Waals surface area contributed by atoms with Gasteiger partial charge in [0.15, 0.2) is 0 Å². The highest BCUT2D eigenvalue weighted by molar-refractivity contribution is 9.10. The maximum Gasteiger partial charge on any atom is 0.255 e. The lowest BCUT2D eigenvalue weighted by Crippen LogP contribution is -2.31. The third kappa shape index (κ3) is 5.73. The number of nitrogens with one attached hydrogen (secondary N) is 2. The van der Waals surface area contributed by atoms with Crippen LogP contribution in [0.15, 0.2) is 82.5 Å². The number of hydrogen-bond donors (Lipinski definition) is 2. The zero-order valence-corrected chi connectivity index (χ0v) is 24.2. The minimum Gasteiger partial charge on any atom is -0.489 e. The number of fused-ring (bicyclic) bond motifs is 1. The Hall–Kier alpha value is -3.98. The summed E-state index contributed by atoms with van der Waals surface area (Å²) in [4.78, 5) is 13.7. The van der Waals surface area contributed by atoms with E-state index in [-0.39, 0.29) is 11.3 Å². The van der Waals surface area contributed by atoms with Gasteiger partial charge in [-0.05, 0) is 71.1 Å². The van der Waals surface area contributed by atoms with Crippen LogP contribution in [0.25, 0.3) is 0 Å². The number of amides is 1. The van der Waals surface area contributed by atoms with Crippen LogP contribution in [0.5, 0.6) is 5.75 Å². The first-order valence-electron chi connectivity index (χ1n) is 12.8. The zero-order valence-electron chi connectivity index (χ0n) is 22.6. The van der Waals surface area contributed by atoms with Gasteiger partial charge in [0.1, 0.15) is 18.4 Å². The first kappa shape index (κ1) is 26.6. The molecule has 0 saturated heterocycles. The number of carbonyl (C=O) groups excluding carboxylic acids is 1. The Labute approximate surface area is 236 Å².